The zero-order valence-electron chi connectivity index (χ0n) is 11.5. The maximum Gasteiger partial charge on any atom is 0.264 e. The fourth-order valence-corrected chi connectivity index (χ4v) is 2.49. The van der Waals surface area contributed by atoms with Crippen LogP contribution in [0, 0.1) is 5.82 Å². The van der Waals surface area contributed by atoms with E-state index in [4.69, 9.17) is 9.57 Å². The van der Waals surface area contributed by atoms with Gasteiger partial charge in [0.2, 0.25) is 6.10 Å². The lowest BCUT2D eigenvalue weighted by Gasteiger charge is -2.13. The summed E-state index contributed by atoms with van der Waals surface area (Å²) in [4.78, 5) is 17.2. The van der Waals surface area contributed by atoms with E-state index in [1.165, 1.54) is 12.1 Å². The van der Waals surface area contributed by atoms with Gasteiger partial charge in [0, 0.05) is 25.1 Å². The maximum atomic E-state index is 13.2. The highest BCUT2D eigenvalue weighted by Crippen LogP contribution is 2.18. The molecule has 1 fully saturated rings. The zero-order chi connectivity index (χ0) is 14.7. The molecular formula is C15H17FN2O3. The highest BCUT2D eigenvalue weighted by molar-refractivity contribution is 6.04. The number of nitrogens with zero attached hydrogens (tertiary/aromatic N) is 1. The molecule has 3 rings (SSSR count). The first-order valence-corrected chi connectivity index (χ1v) is 7.10. The van der Waals surface area contributed by atoms with Crippen LogP contribution in [0.25, 0.3) is 0 Å². The fourth-order valence-electron chi connectivity index (χ4n) is 2.49. The van der Waals surface area contributed by atoms with Crippen LogP contribution < -0.4 is 5.32 Å². The third kappa shape index (κ3) is 3.39. The van der Waals surface area contributed by atoms with E-state index < -0.39 is 6.10 Å². The summed E-state index contributed by atoms with van der Waals surface area (Å²) in [5.74, 6) is -0.540. The van der Waals surface area contributed by atoms with Crippen LogP contribution in [0.2, 0.25) is 0 Å². The number of hydrogen-bond donors (Lipinski definition) is 1. The molecule has 0 aliphatic carbocycles. The number of halogens is 1. The summed E-state index contributed by atoms with van der Waals surface area (Å²) < 4.78 is 18.6. The van der Waals surface area contributed by atoms with Gasteiger partial charge >= 0.3 is 0 Å². The van der Waals surface area contributed by atoms with E-state index in [0.29, 0.717) is 24.2 Å². The number of carbonyl (C=O) groups is 1. The normalized spacial score (nSPS) is 24.5. The number of oxime groups is 1. The van der Waals surface area contributed by atoms with Crippen molar-refractivity contribution in [2.45, 2.75) is 31.5 Å². The highest BCUT2D eigenvalue weighted by Gasteiger charge is 2.29. The smallest absolute Gasteiger partial charge is 0.264 e. The SMILES string of the molecule is O=C(NC[C@@H]1CCCO1)[C@H]1CC(c2cccc(F)c2)=NO1. The second-order valence-electron chi connectivity index (χ2n) is 5.23. The van der Waals surface area contributed by atoms with E-state index in [-0.39, 0.29) is 17.8 Å². The van der Waals surface area contributed by atoms with E-state index >= 15 is 0 Å². The van der Waals surface area contributed by atoms with Gasteiger partial charge in [-0.3, -0.25) is 4.79 Å². The minimum atomic E-state index is -0.648. The van der Waals surface area contributed by atoms with Crippen molar-refractivity contribution < 1.29 is 18.8 Å². The van der Waals surface area contributed by atoms with E-state index in [9.17, 15) is 9.18 Å². The average Bonchev–Trinajstić information content (AvgIpc) is 3.16. The molecular weight excluding hydrogens is 275 g/mol. The maximum absolute atomic E-state index is 13.2. The highest BCUT2D eigenvalue weighted by atomic mass is 19.1. The number of rotatable bonds is 4. The molecule has 112 valence electrons. The number of ether oxygens (including phenoxy) is 1. The van der Waals surface area contributed by atoms with Crippen molar-refractivity contribution in [2.24, 2.45) is 5.16 Å². The molecule has 1 aromatic rings. The molecule has 0 radical (unpaired) electrons. The lowest BCUT2D eigenvalue weighted by Crippen LogP contribution is -2.39. The van der Waals surface area contributed by atoms with Crippen LogP contribution in [0.15, 0.2) is 29.4 Å². The molecule has 5 nitrogen and oxygen atoms in total. The minimum absolute atomic E-state index is 0.0963. The van der Waals surface area contributed by atoms with Gasteiger partial charge < -0.3 is 14.9 Å². The number of amides is 1. The molecule has 1 saturated heterocycles. The van der Waals surface area contributed by atoms with Crippen molar-refractivity contribution in [3.05, 3.63) is 35.6 Å². The Balaban J connectivity index is 1.52. The van der Waals surface area contributed by atoms with E-state index in [1.807, 2.05) is 0 Å². The van der Waals surface area contributed by atoms with Gasteiger partial charge in [-0.15, -0.1) is 0 Å². The lowest BCUT2D eigenvalue weighted by molar-refractivity contribution is -0.131. The summed E-state index contributed by atoms with van der Waals surface area (Å²) in [7, 11) is 0. The summed E-state index contributed by atoms with van der Waals surface area (Å²) in [6.45, 7) is 1.25. The van der Waals surface area contributed by atoms with Gasteiger partial charge in [0.05, 0.1) is 11.8 Å². The molecule has 2 aliphatic rings. The van der Waals surface area contributed by atoms with Gasteiger partial charge in [0.15, 0.2) is 0 Å². The second kappa shape index (κ2) is 6.22. The van der Waals surface area contributed by atoms with Gasteiger partial charge in [-0.2, -0.15) is 0 Å². The summed E-state index contributed by atoms with van der Waals surface area (Å²) in [6, 6.07) is 6.11. The molecule has 2 atom stereocenters. The van der Waals surface area contributed by atoms with E-state index in [2.05, 4.69) is 10.5 Å². The number of benzene rings is 1. The lowest BCUT2D eigenvalue weighted by atomic mass is 10.0. The van der Waals surface area contributed by atoms with Gasteiger partial charge in [0.25, 0.3) is 5.91 Å². The van der Waals surface area contributed by atoms with Crippen molar-refractivity contribution in [1.29, 1.82) is 0 Å². The standard InChI is InChI=1S/C15H17FN2O3/c16-11-4-1-3-10(7-11)13-8-14(21-18-13)15(19)17-9-12-5-2-6-20-12/h1,3-4,7,12,14H,2,5-6,8-9H2,(H,17,19)/t12-,14+/m0/s1. The van der Waals surface area contributed by atoms with E-state index in [0.717, 1.165) is 19.4 Å². The van der Waals surface area contributed by atoms with Crippen LogP contribution in [-0.4, -0.2) is 37.0 Å². The van der Waals surface area contributed by atoms with Crippen molar-refractivity contribution in [3.8, 4) is 0 Å². The Hall–Kier alpha value is -1.95. The Kier molecular flexibility index (Phi) is 4.15. The van der Waals surface area contributed by atoms with Gasteiger partial charge in [-0.05, 0) is 25.0 Å². The Bertz CT molecular complexity index is 556. The molecule has 2 aliphatic heterocycles. The number of carbonyl (C=O) groups excluding carboxylic acids is 1. The molecule has 2 heterocycles. The molecule has 21 heavy (non-hydrogen) atoms. The molecule has 0 bridgehead atoms. The van der Waals surface area contributed by atoms with Crippen LogP contribution >= 0.6 is 0 Å². The van der Waals surface area contributed by atoms with Crippen LogP contribution in [-0.2, 0) is 14.4 Å². The van der Waals surface area contributed by atoms with E-state index in [1.54, 1.807) is 12.1 Å². The first-order valence-electron chi connectivity index (χ1n) is 7.10. The molecule has 1 aromatic carbocycles. The number of hydrogen-bond acceptors (Lipinski definition) is 4. The molecule has 0 saturated carbocycles. The molecule has 1 N–H and O–H groups in total. The van der Waals surface area contributed by atoms with Gasteiger partial charge in [0.1, 0.15) is 5.82 Å². The minimum Gasteiger partial charge on any atom is -0.382 e. The van der Waals surface area contributed by atoms with Gasteiger partial charge in [-0.25, -0.2) is 4.39 Å². The summed E-state index contributed by atoms with van der Waals surface area (Å²) in [5.41, 5.74) is 1.23. The van der Waals surface area contributed by atoms with Crippen molar-refractivity contribution in [2.75, 3.05) is 13.2 Å². The third-order valence-corrected chi connectivity index (χ3v) is 3.65. The van der Waals surface area contributed by atoms with Crippen LogP contribution in [0.5, 0.6) is 0 Å². The molecule has 0 spiro atoms. The third-order valence-electron chi connectivity index (χ3n) is 3.65. The Morgan fingerprint density at radius 3 is 3.14 bits per heavy atom. The van der Waals surface area contributed by atoms with Crippen molar-refractivity contribution in [3.63, 3.8) is 0 Å². The fraction of sp³-hybridized carbons (Fsp3) is 0.467. The Labute approximate surface area is 122 Å². The summed E-state index contributed by atoms with van der Waals surface area (Å²) in [6.07, 6.45) is 1.80. The Morgan fingerprint density at radius 2 is 2.38 bits per heavy atom. The van der Waals surface area contributed by atoms with Crippen molar-refractivity contribution >= 4 is 11.6 Å². The zero-order valence-corrected chi connectivity index (χ0v) is 11.5. The summed E-state index contributed by atoms with van der Waals surface area (Å²) >= 11 is 0. The van der Waals surface area contributed by atoms with Crippen LogP contribution in [0.1, 0.15) is 24.8 Å². The first-order chi connectivity index (χ1) is 10.2. The molecule has 0 aromatic heterocycles. The number of nitrogens with one attached hydrogen (secondary N) is 1. The summed E-state index contributed by atoms with van der Waals surface area (Å²) in [5, 5.41) is 6.70. The van der Waals surface area contributed by atoms with Crippen LogP contribution in [0.4, 0.5) is 4.39 Å². The Morgan fingerprint density at radius 1 is 1.48 bits per heavy atom. The average molecular weight is 292 g/mol. The van der Waals surface area contributed by atoms with Crippen LogP contribution in [0.3, 0.4) is 0 Å². The largest absolute Gasteiger partial charge is 0.382 e. The quantitative estimate of drug-likeness (QED) is 0.917. The predicted octanol–water partition coefficient (Wildman–Crippen LogP) is 1.61. The molecule has 0 unspecified atom stereocenters. The molecule has 6 heteroatoms. The van der Waals surface area contributed by atoms with Crippen molar-refractivity contribution in [1.82, 2.24) is 5.32 Å². The predicted molar refractivity (Wildman–Crippen MR) is 74.4 cm³/mol. The monoisotopic (exact) mass is 292 g/mol. The first kappa shape index (κ1) is 14.0. The molecule has 1 amide bonds. The second-order valence-corrected chi connectivity index (χ2v) is 5.23. The van der Waals surface area contributed by atoms with Gasteiger partial charge in [-0.1, -0.05) is 17.3 Å². The topological polar surface area (TPSA) is 59.9 Å².